The van der Waals surface area contributed by atoms with Gasteiger partial charge in [-0.05, 0) is 17.7 Å². The molecule has 106 valence electrons. The third kappa shape index (κ3) is 2.93. The van der Waals surface area contributed by atoms with Crippen LogP contribution in [-0.2, 0) is 4.74 Å². The van der Waals surface area contributed by atoms with Crippen LogP contribution in [0.25, 0.3) is 10.9 Å². The first kappa shape index (κ1) is 16.4. The first-order valence-corrected chi connectivity index (χ1v) is 5.75. The van der Waals surface area contributed by atoms with Gasteiger partial charge in [-0.3, -0.25) is 4.98 Å². The number of imidazole rings is 1. The predicted molar refractivity (Wildman–Crippen MR) is 83.7 cm³/mol. The summed E-state index contributed by atoms with van der Waals surface area (Å²) < 4.78 is 5.58. The Labute approximate surface area is 129 Å². The minimum atomic E-state index is -0.177. The molecule has 0 amide bonds. The van der Waals surface area contributed by atoms with Crippen molar-refractivity contribution in [2.45, 2.75) is 6.10 Å². The van der Waals surface area contributed by atoms with Crippen molar-refractivity contribution in [1.29, 1.82) is 0 Å². The molecule has 0 radical (unpaired) electrons. The minimum absolute atomic E-state index is 0. The van der Waals surface area contributed by atoms with E-state index in [2.05, 4.69) is 21.0 Å². The molecular formula is C14H15Cl2N3O. The number of H-pyrrole nitrogens is 1. The molecular weight excluding hydrogens is 297 g/mol. The van der Waals surface area contributed by atoms with E-state index in [4.69, 9.17) is 4.74 Å². The first-order valence-electron chi connectivity index (χ1n) is 5.75. The van der Waals surface area contributed by atoms with Crippen molar-refractivity contribution in [3.63, 3.8) is 0 Å². The molecule has 1 N–H and O–H groups in total. The Morgan fingerprint density at radius 3 is 2.60 bits per heavy atom. The molecule has 3 rings (SSSR count). The Kier molecular flexibility index (Phi) is 5.95. The number of hydrogen-bond donors (Lipinski definition) is 1. The number of nitrogens with one attached hydrogen (secondary N) is 1. The monoisotopic (exact) mass is 311 g/mol. The number of para-hydroxylation sites is 1. The van der Waals surface area contributed by atoms with Crippen LogP contribution in [0.4, 0.5) is 0 Å². The summed E-state index contributed by atoms with van der Waals surface area (Å²) in [5, 5.41) is 1.09. The summed E-state index contributed by atoms with van der Waals surface area (Å²) in [6, 6.07) is 10.0. The second-order valence-corrected chi connectivity index (χ2v) is 4.03. The molecule has 2 heterocycles. The first-order chi connectivity index (χ1) is 8.90. The molecule has 0 aliphatic heterocycles. The van der Waals surface area contributed by atoms with Crippen LogP contribution in [0.3, 0.4) is 0 Å². The van der Waals surface area contributed by atoms with Crippen molar-refractivity contribution >= 4 is 35.7 Å². The highest BCUT2D eigenvalue weighted by Gasteiger charge is 2.17. The molecule has 2 aromatic heterocycles. The molecule has 0 spiro atoms. The Bertz CT molecular complexity index is 653. The maximum Gasteiger partial charge on any atom is 0.126 e. The van der Waals surface area contributed by atoms with Crippen molar-refractivity contribution in [3.05, 3.63) is 60.3 Å². The predicted octanol–water partition coefficient (Wildman–Crippen LogP) is 3.54. The second-order valence-electron chi connectivity index (χ2n) is 4.03. The van der Waals surface area contributed by atoms with Gasteiger partial charge in [0.2, 0.25) is 0 Å². The number of rotatable bonds is 3. The number of benzene rings is 1. The summed E-state index contributed by atoms with van der Waals surface area (Å²) in [7, 11) is 1.69. The van der Waals surface area contributed by atoms with Crippen molar-refractivity contribution in [2.75, 3.05) is 7.11 Å². The lowest BCUT2D eigenvalue weighted by Gasteiger charge is -2.15. The quantitative estimate of drug-likeness (QED) is 0.805. The largest absolute Gasteiger partial charge is 0.370 e. The smallest absolute Gasteiger partial charge is 0.126 e. The number of ether oxygens (including phenoxy) is 1. The van der Waals surface area contributed by atoms with Gasteiger partial charge in [0.15, 0.2) is 0 Å². The van der Waals surface area contributed by atoms with E-state index >= 15 is 0 Å². The van der Waals surface area contributed by atoms with Gasteiger partial charge in [0.1, 0.15) is 6.10 Å². The maximum absolute atomic E-state index is 5.58. The fourth-order valence-electron chi connectivity index (χ4n) is 2.17. The Balaban J connectivity index is 0.000001000. The minimum Gasteiger partial charge on any atom is -0.370 e. The number of fused-ring (bicyclic) bond motifs is 1. The molecule has 0 saturated heterocycles. The fourth-order valence-corrected chi connectivity index (χ4v) is 2.17. The summed E-state index contributed by atoms with van der Waals surface area (Å²) >= 11 is 0. The molecule has 1 atom stereocenters. The summed E-state index contributed by atoms with van der Waals surface area (Å²) in [4.78, 5) is 11.6. The maximum atomic E-state index is 5.58. The van der Waals surface area contributed by atoms with Crippen molar-refractivity contribution in [1.82, 2.24) is 15.0 Å². The van der Waals surface area contributed by atoms with E-state index in [0.717, 1.165) is 22.2 Å². The highest BCUT2D eigenvalue weighted by molar-refractivity contribution is 5.85. The second kappa shape index (κ2) is 7.24. The summed E-state index contributed by atoms with van der Waals surface area (Å²) in [6.07, 6.45) is 5.13. The number of hydrogen-bond acceptors (Lipinski definition) is 3. The molecule has 1 aromatic carbocycles. The molecule has 3 aromatic rings. The van der Waals surface area contributed by atoms with Gasteiger partial charge in [0.25, 0.3) is 0 Å². The Morgan fingerprint density at radius 2 is 1.90 bits per heavy atom. The molecule has 0 fully saturated rings. The number of pyridine rings is 1. The normalized spacial score (nSPS) is 11.4. The van der Waals surface area contributed by atoms with Crippen LogP contribution in [0.5, 0.6) is 0 Å². The Hall–Kier alpha value is -1.62. The third-order valence-corrected chi connectivity index (χ3v) is 2.99. The zero-order valence-corrected chi connectivity index (χ0v) is 12.4. The van der Waals surface area contributed by atoms with Crippen LogP contribution in [0, 0.1) is 0 Å². The summed E-state index contributed by atoms with van der Waals surface area (Å²) in [5.41, 5.74) is 2.91. The van der Waals surface area contributed by atoms with E-state index in [-0.39, 0.29) is 30.9 Å². The zero-order chi connectivity index (χ0) is 12.4. The van der Waals surface area contributed by atoms with Gasteiger partial charge in [-0.2, -0.15) is 0 Å². The SMILES string of the molecule is COC(c1c[nH]cn1)c1ccnc2ccccc12.Cl.Cl. The standard InChI is InChI=1S/C14H13N3O.2ClH/c1-18-14(13-8-15-9-17-13)11-6-7-16-12-5-3-2-4-10(11)12;;/h2-9,14H,1H3,(H,15,17);2*1H. The van der Waals surface area contributed by atoms with E-state index in [9.17, 15) is 0 Å². The number of aromatic nitrogens is 3. The van der Waals surface area contributed by atoms with Crippen LogP contribution in [0.15, 0.2) is 49.1 Å². The number of aromatic amines is 1. The molecule has 20 heavy (non-hydrogen) atoms. The lowest BCUT2D eigenvalue weighted by molar-refractivity contribution is 0.134. The lowest BCUT2D eigenvalue weighted by Crippen LogP contribution is -2.05. The molecule has 0 aliphatic rings. The van der Waals surface area contributed by atoms with Crippen molar-refractivity contribution < 1.29 is 4.74 Å². The number of halogens is 2. The highest BCUT2D eigenvalue weighted by atomic mass is 35.5. The fraction of sp³-hybridized carbons (Fsp3) is 0.143. The number of methoxy groups -OCH3 is 1. The average molecular weight is 312 g/mol. The van der Waals surface area contributed by atoms with Crippen molar-refractivity contribution in [2.24, 2.45) is 0 Å². The van der Waals surface area contributed by atoms with Crippen LogP contribution >= 0.6 is 24.8 Å². The van der Waals surface area contributed by atoms with Gasteiger partial charge in [-0.15, -0.1) is 24.8 Å². The van der Waals surface area contributed by atoms with Gasteiger partial charge in [0, 0.05) is 24.9 Å². The van der Waals surface area contributed by atoms with Gasteiger partial charge in [-0.25, -0.2) is 4.98 Å². The van der Waals surface area contributed by atoms with E-state index < -0.39 is 0 Å². The van der Waals surface area contributed by atoms with Crippen LogP contribution in [-0.4, -0.2) is 22.1 Å². The van der Waals surface area contributed by atoms with Crippen LogP contribution in [0.1, 0.15) is 17.4 Å². The molecule has 1 unspecified atom stereocenters. The van der Waals surface area contributed by atoms with Gasteiger partial charge in [0.05, 0.1) is 17.5 Å². The van der Waals surface area contributed by atoms with E-state index in [1.165, 1.54) is 0 Å². The van der Waals surface area contributed by atoms with E-state index in [0.29, 0.717) is 0 Å². The van der Waals surface area contributed by atoms with E-state index in [1.807, 2.05) is 30.5 Å². The Morgan fingerprint density at radius 1 is 1.10 bits per heavy atom. The van der Waals surface area contributed by atoms with Gasteiger partial charge >= 0.3 is 0 Å². The number of nitrogens with zero attached hydrogens (tertiary/aromatic N) is 2. The molecule has 6 heteroatoms. The molecule has 0 bridgehead atoms. The van der Waals surface area contributed by atoms with Crippen LogP contribution < -0.4 is 0 Å². The molecule has 4 nitrogen and oxygen atoms in total. The van der Waals surface area contributed by atoms with Gasteiger partial charge < -0.3 is 9.72 Å². The van der Waals surface area contributed by atoms with Crippen molar-refractivity contribution in [3.8, 4) is 0 Å². The average Bonchev–Trinajstić information content (AvgIpc) is 2.94. The summed E-state index contributed by atoms with van der Waals surface area (Å²) in [6.45, 7) is 0. The molecule has 0 saturated carbocycles. The zero-order valence-electron chi connectivity index (χ0n) is 10.8. The molecule has 0 aliphatic carbocycles. The highest BCUT2D eigenvalue weighted by Crippen LogP contribution is 2.28. The van der Waals surface area contributed by atoms with E-state index in [1.54, 1.807) is 19.6 Å². The lowest BCUT2D eigenvalue weighted by atomic mass is 10.0. The van der Waals surface area contributed by atoms with Crippen LogP contribution in [0.2, 0.25) is 0 Å². The summed E-state index contributed by atoms with van der Waals surface area (Å²) in [5.74, 6) is 0. The third-order valence-electron chi connectivity index (χ3n) is 2.99. The topological polar surface area (TPSA) is 50.8 Å². The van der Waals surface area contributed by atoms with Gasteiger partial charge in [-0.1, -0.05) is 18.2 Å².